The zero-order valence-electron chi connectivity index (χ0n) is 12.7. The van der Waals surface area contributed by atoms with E-state index >= 15 is 0 Å². The Balaban J connectivity index is 1.42. The van der Waals surface area contributed by atoms with Gasteiger partial charge in [-0.15, -0.1) is 0 Å². The van der Waals surface area contributed by atoms with Crippen molar-refractivity contribution in [2.75, 3.05) is 6.79 Å². The van der Waals surface area contributed by atoms with Crippen molar-refractivity contribution in [2.45, 2.75) is 32.6 Å². The van der Waals surface area contributed by atoms with E-state index in [1.165, 1.54) is 25.7 Å². The molecule has 22 heavy (non-hydrogen) atoms. The molecule has 3 aliphatic rings. The summed E-state index contributed by atoms with van der Waals surface area (Å²) in [7, 11) is 0. The Hall–Kier alpha value is -2.04. The fourth-order valence-corrected chi connectivity index (χ4v) is 4.08. The molecule has 1 aromatic rings. The summed E-state index contributed by atoms with van der Waals surface area (Å²) in [6, 6.07) is 5.18. The zero-order chi connectivity index (χ0) is 15.1. The van der Waals surface area contributed by atoms with Crippen LogP contribution in [0.2, 0.25) is 0 Å². The van der Waals surface area contributed by atoms with Gasteiger partial charge in [0.05, 0.1) is 0 Å². The van der Waals surface area contributed by atoms with Crippen LogP contribution in [0.5, 0.6) is 11.5 Å². The lowest BCUT2D eigenvalue weighted by molar-refractivity contribution is 0.0954. The molecule has 116 valence electrons. The largest absolute Gasteiger partial charge is 0.454 e. The molecule has 3 atom stereocenters. The maximum absolute atomic E-state index is 12.2. The van der Waals surface area contributed by atoms with Crippen LogP contribution in [0.1, 0.15) is 43.0 Å². The summed E-state index contributed by atoms with van der Waals surface area (Å²) in [4.78, 5) is 12.2. The molecule has 2 fully saturated rings. The number of rotatable bonds is 3. The minimum atomic E-state index is -0.208. The minimum absolute atomic E-state index is 0.208. The Labute approximate surface area is 129 Å². The van der Waals surface area contributed by atoms with Gasteiger partial charge in [0.25, 0.3) is 5.91 Å². The standard InChI is InChI=1S/C17H20N2O3/c1-10(14-7-11-2-3-12(14)6-11)18-19-17(20)13-4-5-15-16(8-13)22-9-21-15/h4-5,8,11-12,14H,2-3,6-7,9H2,1H3,(H,19,20)/b18-10-/t11-,12+,14-/m1/s1. The van der Waals surface area contributed by atoms with Gasteiger partial charge in [-0.1, -0.05) is 6.42 Å². The number of hydrogen-bond donors (Lipinski definition) is 1. The molecule has 0 unspecified atom stereocenters. The highest BCUT2D eigenvalue weighted by molar-refractivity contribution is 5.96. The van der Waals surface area contributed by atoms with Gasteiger partial charge >= 0.3 is 0 Å². The predicted molar refractivity (Wildman–Crippen MR) is 82.1 cm³/mol. The molecule has 4 rings (SSSR count). The number of amides is 1. The summed E-state index contributed by atoms with van der Waals surface area (Å²) >= 11 is 0. The molecule has 2 bridgehead atoms. The topological polar surface area (TPSA) is 59.9 Å². The highest BCUT2D eigenvalue weighted by Crippen LogP contribution is 2.48. The molecule has 1 amide bonds. The third kappa shape index (κ3) is 2.34. The number of carbonyl (C=O) groups is 1. The Bertz CT molecular complexity index is 641. The third-order valence-electron chi connectivity index (χ3n) is 5.24. The number of benzene rings is 1. The van der Waals surface area contributed by atoms with E-state index in [9.17, 15) is 4.79 Å². The van der Waals surface area contributed by atoms with Crippen molar-refractivity contribution in [1.29, 1.82) is 0 Å². The molecule has 5 heteroatoms. The number of nitrogens with one attached hydrogen (secondary N) is 1. The molecular weight excluding hydrogens is 280 g/mol. The second kappa shape index (κ2) is 5.30. The van der Waals surface area contributed by atoms with Gasteiger partial charge in [0.1, 0.15) is 0 Å². The average Bonchev–Trinajstić information content (AvgIpc) is 3.26. The summed E-state index contributed by atoms with van der Waals surface area (Å²) in [5, 5.41) is 4.34. The van der Waals surface area contributed by atoms with Crippen molar-refractivity contribution in [3.05, 3.63) is 23.8 Å². The van der Waals surface area contributed by atoms with Crippen LogP contribution in [-0.4, -0.2) is 18.4 Å². The quantitative estimate of drug-likeness (QED) is 0.689. The van der Waals surface area contributed by atoms with E-state index in [0.717, 1.165) is 17.5 Å². The lowest BCUT2D eigenvalue weighted by Crippen LogP contribution is -2.24. The van der Waals surface area contributed by atoms with E-state index in [-0.39, 0.29) is 12.7 Å². The first-order valence-electron chi connectivity index (χ1n) is 7.95. The van der Waals surface area contributed by atoms with Crippen LogP contribution in [-0.2, 0) is 0 Å². The van der Waals surface area contributed by atoms with Gasteiger partial charge < -0.3 is 9.47 Å². The number of carbonyl (C=O) groups excluding carboxylic acids is 1. The second-order valence-electron chi connectivity index (χ2n) is 6.54. The molecule has 0 saturated heterocycles. The maximum Gasteiger partial charge on any atom is 0.271 e. The molecule has 2 aliphatic carbocycles. The average molecular weight is 300 g/mol. The van der Waals surface area contributed by atoms with E-state index in [4.69, 9.17) is 9.47 Å². The Morgan fingerprint density at radius 3 is 2.86 bits per heavy atom. The zero-order valence-corrected chi connectivity index (χ0v) is 12.7. The van der Waals surface area contributed by atoms with Crippen LogP contribution < -0.4 is 14.9 Å². The fourth-order valence-electron chi connectivity index (χ4n) is 4.08. The minimum Gasteiger partial charge on any atom is -0.454 e. The van der Waals surface area contributed by atoms with Crippen LogP contribution in [0.3, 0.4) is 0 Å². The predicted octanol–water partition coefficient (Wildman–Crippen LogP) is 2.96. The van der Waals surface area contributed by atoms with Crippen molar-refractivity contribution in [1.82, 2.24) is 5.43 Å². The van der Waals surface area contributed by atoms with Crippen LogP contribution in [0.25, 0.3) is 0 Å². The van der Waals surface area contributed by atoms with E-state index in [0.29, 0.717) is 23.0 Å². The summed E-state index contributed by atoms with van der Waals surface area (Å²) < 4.78 is 10.5. The van der Waals surface area contributed by atoms with Crippen LogP contribution in [0.4, 0.5) is 0 Å². The van der Waals surface area contributed by atoms with Crippen molar-refractivity contribution in [3.63, 3.8) is 0 Å². The molecule has 1 heterocycles. The maximum atomic E-state index is 12.2. The van der Waals surface area contributed by atoms with E-state index in [2.05, 4.69) is 10.5 Å². The summed E-state index contributed by atoms with van der Waals surface area (Å²) in [6.45, 7) is 2.24. The lowest BCUT2D eigenvalue weighted by Gasteiger charge is -2.21. The van der Waals surface area contributed by atoms with Crippen LogP contribution >= 0.6 is 0 Å². The molecule has 5 nitrogen and oxygen atoms in total. The number of hydrogen-bond acceptors (Lipinski definition) is 4. The Morgan fingerprint density at radius 2 is 2.09 bits per heavy atom. The van der Waals surface area contributed by atoms with Gasteiger partial charge in [0.15, 0.2) is 11.5 Å². The number of fused-ring (bicyclic) bond motifs is 3. The van der Waals surface area contributed by atoms with Gasteiger partial charge in [-0.25, -0.2) is 5.43 Å². The Morgan fingerprint density at radius 1 is 1.23 bits per heavy atom. The van der Waals surface area contributed by atoms with Gasteiger partial charge in [0.2, 0.25) is 6.79 Å². The molecular formula is C17H20N2O3. The Kier molecular flexibility index (Phi) is 3.28. The van der Waals surface area contributed by atoms with Crippen LogP contribution in [0, 0.1) is 17.8 Å². The van der Waals surface area contributed by atoms with Gasteiger partial charge in [-0.2, -0.15) is 5.10 Å². The van der Waals surface area contributed by atoms with Crippen molar-refractivity contribution in [2.24, 2.45) is 22.9 Å². The number of nitrogens with zero attached hydrogens (tertiary/aromatic N) is 1. The molecule has 1 aromatic carbocycles. The summed E-state index contributed by atoms with van der Waals surface area (Å²) in [5.74, 6) is 3.29. The highest BCUT2D eigenvalue weighted by atomic mass is 16.7. The monoisotopic (exact) mass is 300 g/mol. The molecule has 1 aliphatic heterocycles. The van der Waals surface area contributed by atoms with E-state index in [1.54, 1.807) is 18.2 Å². The third-order valence-corrected chi connectivity index (χ3v) is 5.24. The van der Waals surface area contributed by atoms with Crippen LogP contribution in [0.15, 0.2) is 23.3 Å². The SMILES string of the molecule is C/C(=N/NC(=O)c1ccc2c(c1)OCO2)[C@H]1C[C@@H]2CC[C@H]1C2. The second-order valence-corrected chi connectivity index (χ2v) is 6.54. The number of hydrazone groups is 1. The molecule has 2 saturated carbocycles. The molecule has 0 spiro atoms. The summed E-state index contributed by atoms with van der Waals surface area (Å²) in [5.41, 5.74) is 4.27. The molecule has 0 aromatic heterocycles. The van der Waals surface area contributed by atoms with Crippen molar-refractivity contribution >= 4 is 11.6 Å². The first kappa shape index (κ1) is 13.6. The first-order chi connectivity index (χ1) is 10.7. The van der Waals surface area contributed by atoms with Gasteiger partial charge in [-0.3, -0.25) is 4.79 Å². The van der Waals surface area contributed by atoms with Gasteiger partial charge in [-0.05, 0) is 56.2 Å². The molecule has 0 radical (unpaired) electrons. The van der Waals surface area contributed by atoms with E-state index < -0.39 is 0 Å². The highest BCUT2D eigenvalue weighted by Gasteiger charge is 2.40. The number of ether oxygens (including phenoxy) is 2. The van der Waals surface area contributed by atoms with E-state index in [1.807, 2.05) is 6.92 Å². The fraction of sp³-hybridized carbons (Fsp3) is 0.529. The lowest BCUT2D eigenvalue weighted by atomic mass is 9.86. The first-order valence-corrected chi connectivity index (χ1v) is 7.95. The summed E-state index contributed by atoms with van der Waals surface area (Å²) in [6.07, 6.45) is 5.27. The van der Waals surface area contributed by atoms with Crippen molar-refractivity contribution < 1.29 is 14.3 Å². The van der Waals surface area contributed by atoms with Gasteiger partial charge in [0, 0.05) is 17.2 Å². The smallest absolute Gasteiger partial charge is 0.271 e. The molecule has 1 N–H and O–H groups in total. The van der Waals surface area contributed by atoms with Crippen molar-refractivity contribution in [3.8, 4) is 11.5 Å². The normalized spacial score (nSPS) is 29.0.